The Labute approximate surface area is 118 Å². The fourth-order valence-electron chi connectivity index (χ4n) is 1.57. The lowest BCUT2D eigenvalue weighted by atomic mass is 10.0. The van der Waals surface area contributed by atoms with Crippen molar-refractivity contribution in [2.75, 3.05) is 32.6 Å². The molecule has 1 rings (SSSR count). The molecular formula is C14H20N2O4. The molecular weight excluding hydrogens is 260 g/mol. The highest BCUT2D eigenvalue weighted by Crippen LogP contribution is 2.18. The van der Waals surface area contributed by atoms with E-state index in [1.54, 1.807) is 38.3 Å². The Morgan fingerprint density at radius 1 is 1.40 bits per heavy atom. The Bertz CT molecular complexity index is 462. The van der Waals surface area contributed by atoms with Crippen LogP contribution >= 0.6 is 0 Å². The summed E-state index contributed by atoms with van der Waals surface area (Å²) in [5.74, 6) is -1.28. The number of nitrogens with one attached hydrogen (secondary N) is 1. The molecule has 0 aliphatic carbocycles. The maximum atomic E-state index is 11.8. The molecule has 110 valence electrons. The number of methoxy groups -OCH3 is 1. The first-order valence-electron chi connectivity index (χ1n) is 6.32. The Kier molecular flexibility index (Phi) is 6.52. The molecule has 1 aromatic rings. The molecule has 1 amide bonds. The maximum absolute atomic E-state index is 11.8. The highest BCUT2D eigenvalue weighted by molar-refractivity contribution is 5.83. The molecule has 0 bridgehead atoms. The molecule has 0 saturated heterocycles. The number of carbonyl (C=O) groups excluding carboxylic acids is 2. The van der Waals surface area contributed by atoms with Crippen LogP contribution in [0.5, 0.6) is 0 Å². The third kappa shape index (κ3) is 5.27. The topological polar surface area (TPSA) is 90.6 Å². The van der Waals surface area contributed by atoms with Gasteiger partial charge < -0.3 is 20.5 Å². The second-order valence-electron chi connectivity index (χ2n) is 4.34. The monoisotopic (exact) mass is 280 g/mol. The van der Waals surface area contributed by atoms with Gasteiger partial charge in [0.2, 0.25) is 0 Å². The molecule has 1 atom stereocenters. The first-order chi connectivity index (χ1) is 9.54. The first-order valence-corrected chi connectivity index (χ1v) is 6.32. The van der Waals surface area contributed by atoms with Gasteiger partial charge in [0.05, 0.1) is 12.5 Å². The number of benzene rings is 1. The van der Waals surface area contributed by atoms with Gasteiger partial charge in [0.1, 0.15) is 0 Å². The summed E-state index contributed by atoms with van der Waals surface area (Å²) >= 11 is 0. The van der Waals surface area contributed by atoms with Crippen LogP contribution < -0.4 is 11.1 Å². The van der Waals surface area contributed by atoms with Crippen molar-refractivity contribution in [2.24, 2.45) is 0 Å². The first kappa shape index (κ1) is 16.0. The number of rotatable bonds is 7. The molecule has 6 nitrogen and oxygen atoms in total. The molecule has 0 aromatic heterocycles. The van der Waals surface area contributed by atoms with E-state index in [-0.39, 0.29) is 12.5 Å². The summed E-state index contributed by atoms with van der Waals surface area (Å²) in [6.07, 6.45) is 0. The highest BCUT2D eigenvalue weighted by Gasteiger charge is 2.18. The summed E-state index contributed by atoms with van der Waals surface area (Å²) in [6.45, 7) is 2.21. The highest BCUT2D eigenvalue weighted by atomic mass is 16.5. The fraction of sp³-hybridized carbons (Fsp3) is 0.429. The zero-order valence-corrected chi connectivity index (χ0v) is 11.7. The second kappa shape index (κ2) is 8.16. The number of ether oxygens (including phenoxy) is 2. The number of anilines is 1. The average molecular weight is 280 g/mol. The molecule has 0 fully saturated rings. The normalized spacial score (nSPS) is 11.7. The van der Waals surface area contributed by atoms with E-state index in [0.29, 0.717) is 18.8 Å². The van der Waals surface area contributed by atoms with Gasteiger partial charge in [-0.2, -0.15) is 0 Å². The number of nitrogens with two attached hydrogens (primary N) is 1. The summed E-state index contributed by atoms with van der Waals surface area (Å²) in [7, 11) is 1.54. The van der Waals surface area contributed by atoms with E-state index < -0.39 is 11.9 Å². The van der Waals surface area contributed by atoms with Gasteiger partial charge in [0, 0.05) is 19.3 Å². The van der Waals surface area contributed by atoms with E-state index >= 15 is 0 Å². The fourth-order valence-corrected chi connectivity index (χ4v) is 1.57. The van der Waals surface area contributed by atoms with Crippen LogP contribution in [0.2, 0.25) is 0 Å². The van der Waals surface area contributed by atoms with Gasteiger partial charge in [-0.25, -0.2) is 0 Å². The minimum Gasteiger partial charge on any atom is -0.455 e. The molecule has 0 heterocycles. The van der Waals surface area contributed by atoms with Gasteiger partial charge in [-0.1, -0.05) is 12.1 Å². The zero-order chi connectivity index (χ0) is 15.0. The number of amides is 1. The van der Waals surface area contributed by atoms with Gasteiger partial charge in [-0.3, -0.25) is 9.59 Å². The summed E-state index contributed by atoms with van der Waals surface area (Å²) in [6, 6.07) is 7.02. The van der Waals surface area contributed by atoms with Crippen LogP contribution in [0, 0.1) is 0 Å². The van der Waals surface area contributed by atoms with Crippen molar-refractivity contribution in [2.45, 2.75) is 12.8 Å². The van der Waals surface area contributed by atoms with Crippen LogP contribution in [-0.4, -0.2) is 38.7 Å². The number of hydrogen-bond acceptors (Lipinski definition) is 5. The number of esters is 1. The Balaban J connectivity index is 2.40. The third-order valence-corrected chi connectivity index (χ3v) is 2.74. The standard InChI is InChI=1S/C14H20N2O4/c1-10(11-4-3-5-12(15)8-11)14(18)20-9-13(17)16-6-7-19-2/h3-5,8,10H,6-7,9,15H2,1-2H3,(H,16,17). The molecule has 0 radical (unpaired) electrons. The van der Waals surface area contributed by atoms with Crippen LogP contribution in [0.1, 0.15) is 18.4 Å². The smallest absolute Gasteiger partial charge is 0.313 e. The van der Waals surface area contributed by atoms with Gasteiger partial charge in [-0.15, -0.1) is 0 Å². The van der Waals surface area contributed by atoms with Crippen molar-refractivity contribution >= 4 is 17.6 Å². The Morgan fingerprint density at radius 3 is 2.80 bits per heavy atom. The zero-order valence-electron chi connectivity index (χ0n) is 11.7. The van der Waals surface area contributed by atoms with E-state index in [9.17, 15) is 9.59 Å². The lowest BCUT2D eigenvalue weighted by Crippen LogP contribution is -2.32. The predicted octanol–water partition coefficient (Wildman–Crippen LogP) is 0.678. The van der Waals surface area contributed by atoms with Gasteiger partial charge in [0.15, 0.2) is 6.61 Å². The van der Waals surface area contributed by atoms with Crippen molar-refractivity contribution in [3.63, 3.8) is 0 Å². The summed E-state index contributed by atoms with van der Waals surface area (Å²) in [5.41, 5.74) is 7.00. The number of hydrogen-bond donors (Lipinski definition) is 2. The van der Waals surface area contributed by atoms with Gasteiger partial charge >= 0.3 is 5.97 Å². The largest absolute Gasteiger partial charge is 0.455 e. The number of nitrogen functional groups attached to an aromatic ring is 1. The molecule has 20 heavy (non-hydrogen) atoms. The SMILES string of the molecule is COCCNC(=O)COC(=O)C(C)c1cccc(N)c1. The lowest BCUT2D eigenvalue weighted by Gasteiger charge is -2.12. The lowest BCUT2D eigenvalue weighted by molar-refractivity contribution is -0.149. The molecule has 1 aromatic carbocycles. The Morgan fingerprint density at radius 2 is 2.15 bits per heavy atom. The maximum Gasteiger partial charge on any atom is 0.313 e. The van der Waals surface area contributed by atoms with Crippen molar-refractivity contribution in [3.05, 3.63) is 29.8 Å². The molecule has 0 aliphatic heterocycles. The summed E-state index contributed by atoms with van der Waals surface area (Å²) < 4.78 is 9.75. The molecule has 6 heteroatoms. The van der Waals surface area contributed by atoms with Gasteiger partial charge in [0.25, 0.3) is 5.91 Å². The summed E-state index contributed by atoms with van der Waals surface area (Å²) in [5, 5.41) is 2.57. The van der Waals surface area contributed by atoms with E-state index in [0.717, 1.165) is 5.56 Å². The van der Waals surface area contributed by atoms with Crippen LogP contribution in [-0.2, 0) is 19.1 Å². The molecule has 0 aliphatic rings. The Hall–Kier alpha value is -2.08. The molecule has 0 saturated carbocycles. The van der Waals surface area contributed by atoms with Crippen molar-refractivity contribution in [3.8, 4) is 0 Å². The van der Waals surface area contributed by atoms with Crippen molar-refractivity contribution < 1.29 is 19.1 Å². The van der Waals surface area contributed by atoms with Crippen molar-refractivity contribution in [1.82, 2.24) is 5.32 Å². The molecule has 3 N–H and O–H groups in total. The third-order valence-electron chi connectivity index (χ3n) is 2.74. The van der Waals surface area contributed by atoms with Crippen LogP contribution in [0.25, 0.3) is 0 Å². The second-order valence-corrected chi connectivity index (χ2v) is 4.34. The van der Waals surface area contributed by atoms with E-state index in [1.807, 2.05) is 0 Å². The molecule has 0 spiro atoms. The molecule has 1 unspecified atom stereocenters. The quantitative estimate of drug-likeness (QED) is 0.435. The van der Waals surface area contributed by atoms with Crippen LogP contribution in [0.15, 0.2) is 24.3 Å². The number of carbonyl (C=O) groups is 2. The van der Waals surface area contributed by atoms with E-state index in [1.165, 1.54) is 0 Å². The minimum atomic E-state index is -0.467. The van der Waals surface area contributed by atoms with Crippen molar-refractivity contribution in [1.29, 1.82) is 0 Å². The minimum absolute atomic E-state index is 0.296. The predicted molar refractivity (Wildman–Crippen MR) is 75.1 cm³/mol. The average Bonchev–Trinajstić information content (AvgIpc) is 2.44. The van der Waals surface area contributed by atoms with Crippen LogP contribution in [0.4, 0.5) is 5.69 Å². The van der Waals surface area contributed by atoms with E-state index in [2.05, 4.69) is 5.32 Å². The summed E-state index contributed by atoms with van der Waals surface area (Å²) in [4.78, 5) is 23.2. The van der Waals surface area contributed by atoms with E-state index in [4.69, 9.17) is 15.2 Å². The van der Waals surface area contributed by atoms with Crippen LogP contribution in [0.3, 0.4) is 0 Å². The van der Waals surface area contributed by atoms with Gasteiger partial charge in [-0.05, 0) is 24.6 Å².